The minimum Gasteiger partial charge on any atom is -0.465 e. The number of carbonyl (C=O) groups is 1. The molecular weight excluding hydrogens is 258 g/mol. The number of ether oxygens (including phenoxy) is 2. The summed E-state index contributed by atoms with van der Waals surface area (Å²) in [5.74, 6) is 1.35. The lowest BCUT2D eigenvalue weighted by atomic mass is 9.89. The quantitative estimate of drug-likeness (QED) is 0.857. The molecular formula is C15H19NO4. The van der Waals surface area contributed by atoms with E-state index in [0.717, 1.165) is 24.3 Å². The third-order valence-corrected chi connectivity index (χ3v) is 3.92. The third kappa shape index (κ3) is 2.40. The van der Waals surface area contributed by atoms with E-state index in [1.807, 2.05) is 26.0 Å². The minimum absolute atomic E-state index is 0.392. The van der Waals surface area contributed by atoms with Crippen LogP contribution in [-0.4, -0.2) is 35.0 Å². The van der Waals surface area contributed by atoms with Crippen LogP contribution in [-0.2, 0) is 0 Å². The van der Waals surface area contributed by atoms with E-state index in [0.29, 0.717) is 19.0 Å². The normalized spacial score (nSPS) is 21.0. The lowest BCUT2D eigenvalue weighted by molar-refractivity contribution is -0.0431. The molecule has 0 atom stereocenters. The van der Waals surface area contributed by atoms with E-state index in [-0.39, 0.29) is 0 Å². The molecule has 5 nitrogen and oxygen atoms in total. The molecule has 1 N–H and O–H groups in total. The lowest BCUT2D eigenvalue weighted by Crippen LogP contribution is -2.36. The van der Waals surface area contributed by atoms with E-state index in [1.165, 1.54) is 10.5 Å². The molecule has 1 aromatic rings. The molecule has 2 aliphatic heterocycles. The fourth-order valence-electron chi connectivity index (χ4n) is 2.90. The van der Waals surface area contributed by atoms with Crippen molar-refractivity contribution in [3.8, 4) is 11.5 Å². The summed E-state index contributed by atoms with van der Waals surface area (Å²) < 4.78 is 11.4. The van der Waals surface area contributed by atoms with E-state index in [1.54, 1.807) is 0 Å². The molecule has 1 amide bonds. The number of carboxylic acid groups (broad SMARTS) is 1. The van der Waals surface area contributed by atoms with Gasteiger partial charge in [0, 0.05) is 26.9 Å². The number of hydrogen-bond acceptors (Lipinski definition) is 3. The Balaban J connectivity index is 1.73. The van der Waals surface area contributed by atoms with Crippen LogP contribution >= 0.6 is 0 Å². The van der Waals surface area contributed by atoms with Gasteiger partial charge >= 0.3 is 6.09 Å². The minimum atomic E-state index is -0.823. The summed E-state index contributed by atoms with van der Waals surface area (Å²) in [5.41, 5.74) is 1.20. The average molecular weight is 277 g/mol. The number of piperidine rings is 1. The van der Waals surface area contributed by atoms with Crippen LogP contribution in [0.15, 0.2) is 18.2 Å². The maximum Gasteiger partial charge on any atom is 0.407 e. The number of hydrogen-bond donors (Lipinski definition) is 1. The second kappa shape index (κ2) is 4.58. The van der Waals surface area contributed by atoms with Crippen molar-refractivity contribution in [1.29, 1.82) is 0 Å². The Morgan fingerprint density at radius 2 is 1.90 bits per heavy atom. The zero-order chi connectivity index (χ0) is 14.3. The van der Waals surface area contributed by atoms with Crippen LogP contribution in [0, 0.1) is 0 Å². The first kappa shape index (κ1) is 13.1. The van der Waals surface area contributed by atoms with Crippen LogP contribution < -0.4 is 9.47 Å². The van der Waals surface area contributed by atoms with Gasteiger partial charge in [-0.1, -0.05) is 6.07 Å². The third-order valence-electron chi connectivity index (χ3n) is 3.92. The zero-order valence-electron chi connectivity index (χ0n) is 11.8. The molecule has 3 rings (SSSR count). The van der Waals surface area contributed by atoms with Crippen molar-refractivity contribution < 1.29 is 19.4 Å². The Labute approximate surface area is 118 Å². The van der Waals surface area contributed by atoms with Crippen molar-refractivity contribution in [3.63, 3.8) is 0 Å². The monoisotopic (exact) mass is 277 g/mol. The molecule has 2 heterocycles. The van der Waals surface area contributed by atoms with Crippen molar-refractivity contribution in [2.75, 3.05) is 13.1 Å². The van der Waals surface area contributed by atoms with Crippen LogP contribution in [0.5, 0.6) is 11.5 Å². The molecule has 0 aliphatic carbocycles. The van der Waals surface area contributed by atoms with Crippen molar-refractivity contribution >= 4 is 6.09 Å². The molecule has 5 heteroatoms. The Morgan fingerprint density at radius 3 is 2.55 bits per heavy atom. The van der Waals surface area contributed by atoms with Crippen LogP contribution in [0.25, 0.3) is 0 Å². The van der Waals surface area contributed by atoms with Crippen LogP contribution in [0.3, 0.4) is 0 Å². The SMILES string of the molecule is CC1(C)Oc2ccc(C3CCN(C(=O)O)CC3)cc2O1. The van der Waals surface area contributed by atoms with Gasteiger partial charge < -0.3 is 19.5 Å². The van der Waals surface area contributed by atoms with Gasteiger partial charge in [0.1, 0.15) is 0 Å². The van der Waals surface area contributed by atoms with Crippen LogP contribution in [0.2, 0.25) is 0 Å². The van der Waals surface area contributed by atoms with Crippen molar-refractivity contribution in [3.05, 3.63) is 23.8 Å². The van der Waals surface area contributed by atoms with Crippen LogP contribution in [0.1, 0.15) is 38.2 Å². The number of amides is 1. The number of rotatable bonds is 1. The summed E-state index contributed by atoms with van der Waals surface area (Å²) in [6.45, 7) is 4.97. The summed E-state index contributed by atoms with van der Waals surface area (Å²) in [7, 11) is 0. The molecule has 0 spiro atoms. The Morgan fingerprint density at radius 1 is 1.25 bits per heavy atom. The molecule has 108 valence electrons. The van der Waals surface area contributed by atoms with E-state index in [2.05, 4.69) is 6.07 Å². The maximum atomic E-state index is 10.9. The lowest BCUT2D eigenvalue weighted by Gasteiger charge is -2.30. The first-order valence-corrected chi connectivity index (χ1v) is 6.94. The van der Waals surface area contributed by atoms with Gasteiger partial charge in [0.25, 0.3) is 0 Å². The highest BCUT2D eigenvalue weighted by Crippen LogP contribution is 2.42. The van der Waals surface area contributed by atoms with Crippen molar-refractivity contribution in [2.24, 2.45) is 0 Å². The molecule has 2 aliphatic rings. The van der Waals surface area contributed by atoms with Crippen molar-refractivity contribution in [2.45, 2.75) is 38.4 Å². The van der Waals surface area contributed by atoms with Gasteiger partial charge in [-0.2, -0.15) is 0 Å². The molecule has 20 heavy (non-hydrogen) atoms. The number of likely N-dealkylation sites (tertiary alicyclic amines) is 1. The van der Waals surface area contributed by atoms with Crippen molar-refractivity contribution in [1.82, 2.24) is 4.90 Å². The molecule has 1 aromatic carbocycles. The Hall–Kier alpha value is -1.91. The molecule has 0 radical (unpaired) electrons. The van der Waals surface area contributed by atoms with Gasteiger partial charge in [-0.25, -0.2) is 4.79 Å². The average Bonchev–Trinajstić information content (AvgIpc) is 2.71. The molecule has 0 unspecified atom stereocenters. The fourth-order valence-corrected chi connectivity index (χ4v) is 2.90. The van der Waals surface area contributed by atoms with E-state index < -0.39 is 11.9 Å². The standard InChI is InChI=1S/C15H19NO4/c1-15(2)19-12-4-3-11(9-13(12)20-15)10-5-7-16(8-6-10)14(17)18/h3-4,9-10H,5-8H2,1-2H3,(H,17,18). The number of fused-ring (bicyclic) bond motifs is 1. The summed E-state index contributed by atoms with van der Waals surface area (Å²) in [6, 6.07) is 6.04. The first-order chi connectivity index (χ1) is 9.44. The Kier molecular flexibility index (Phi) is 3.00. The highest BCUT2D eigenvalue weighted by atomic mass is 16.7. The molecule has 0 bridgehead atoms. The number of nitrogens with zero attached hydrogens (tertiary/aromatic N) is 1. The van der Waals surface area contributed by atoms with E-state index in [4.69, 9.17) is 14.6 Å². The largest absolute Gasteiger partial charge is 0.465 e. The predicted octanol–water partition coefficient (Wildman–Crippen LogP) is 3.05. The first-order valence-electron chi connectivity index (χ1n) is 6.94. The summed E-state index contributed by atoms with van der Waals surface area (Å²) in [6.07, 6.45) is 0.890. The van der Waals surface area contributed by atoms with E-state index in [9.17, 15) is 4.79 Å². The summed E-state index contributed by atoms with van der Waals surface area (Å²) in [5, 5.41) is 8.97. The maximum absolute atomic E-state index is 10.9. The molecule has 0 aromatic heterocycles. The fraction of sp³-hybridized carbons (Fsp3) is 0.533. The summed E-state index contributed by atoms with van der Waals surface area (Å²) >= 11 is 0. The van der Waals surface area contributed by atoms with Gasteiger partial charge in [-0.15, -0.1) is 0 Å². The van der Waals surface area contributed by atoms with Gasteiger partial charge in [0.05, 0.1) is 0 Å². The molecule has 1 saturated heterocycles. The van der Waals surface area contributed by atoms with Gasteiger partial charge in [0.15, 0.2) is 11.5 Å². The topological polar surface area (TPSA) is 59.0 Å². The molecule has 0 saturated carbocycles. The van der Waals surface area contributed by atoms with Gasteiger partial charge in [0.2, 0.25) is 5.79 Å². The predicted molar refractivity (Wildman–Crippen MR) is 73.3 cm³/mol. The smallest absolute Gasteiger partial charge is 0.407 e. The van der Waals surface area contributed by atoms with E-state index >= 15 is 0 Å². The summed E-state index contributed by atoms with van der Waals surface area (Å²) in [4.78, 5) is 12.4. The van der Waals surface area contributed by atoms with Gasteiger partial charge in [-0.3, -0.25) is 0 Å². The van der Waals surface area contributed by atoms with Gasteiger partial charge in [-0.05, 0) is 36.5 Å². The second-order valence-corrected chi connectivity index (χ2v) is 5.85. The van der Waals surface area contributed by atoms with Crippen LogP contribution in [0.4, 0.5) is 4.79 Å². The zero-order valence-corrected chi connectivity index (χ0v) is 11.8. The number of benzene rings is 1. The highest BCUT2D eigenvalue weighted by molar-refractivity contribution is 5.65. The second-order valence-electron chi connectivity index (χ2n) is 5.85. The highest BCUT2D eigenvalue weighted by Gasteiger charge is 2.32. The Bertz CT molecular complexity index is 533. The molecule has 1 fully saturated rings.